The van der Waals surface area contributed by atoms with E-state index >= 15 is 0 Å². The molecule has 0 bridgehead atoms. The summed E-state index contributed by atoms with van der Waals surface area (Å²) >= 11 is 0. The molecule has 0 saturated heterocycles. The van der Waals surface area contributed by atoms with E-state index in [0.29, 0.717) is 5.75 Å². The summed E-state index contributed by atoms with van der Waals surface area (Å²) < 4.78 is 5.39. The first-order chi connectivity index (χ1) is 9.56. The highest BCUT2D eigenvalue weighted by molar-refractivity contribution is 5.38. The van der Waals surface area contributed by atoms with Crippen molar-refractivity contribution in [2.45, 2.75) is 13.0 Å². The van der Waals surface area contributed by atoms with Gasteiger partial charge in [0, 0.05) is 6.07 Å². The lowest BCUT2D eigenvalue weighted by Gasteiger charge is -2.12. The van der Waals surface area contributed by atoms with Gasteiger partial charge in [-0.05, 0) is 18.6 Å². The zero-order chi connectivity index (χ0) is 14.5. The maximum atomic E-state index is 10.6. The number of nitrogens with zero attached hydrogens (tertiary/aromatic N) is 1. The summed E-state index contributed by atoms with van der Waals surface area (Å²) in [7, 11) is 0. The van der Waals surface area contributed by atoms with Crippen molar-refractivity contribution in [2.24, 2.45) is 0 Å². The maximum absolute atomic E-state index is 10.6. The molecule has 104 valence electrons. The SMILES string of the molecule is Cc1ccc(C(O)COc2cccc([N+](=O)[O-])c2)cc1. The second kappa shape index (κ2) is 6.16. The van der Waals surface area contributed by atoms with Gasteiger partial charge < -0.3 is 9.84 Å². The monoisotopic (exact) mass is 273 g/mol. The van der Waals surface area contributed by atoms with Crippen molar-refractivity contribution in [3.05, 3.63) is 69.8 Å². The van der Waals surface area contributed by atoms with Crippen LogP contribution in [0.3, 0.4) is 0 Å². The van der Waals surface area contributed by atoms with Gasteiger partial charge in [-0.25, -0.2) is 0 Å². The van der Waals surface area contributed by atoms with Gasteiger partial charge in [-0.1, -0.05) is 35.9 Å². The first kappa shape index (κ1) is 14.0. The molecule has 2 rings (SSSR count). The van der Waals surface area contributed by atoms with Crippen LogP contribution in [0.15, 0.2) is 48.5 Å². The van der Waals surface area contributed by atoms with Crippen LogP contribution in [0, 0.1) is 17.0 Å². The molecule has 0 amide bonds. The predicted molar refractivity (Wildman–Crippen MR) is 74.7 cm³/mol. The molecule has 0 saturated carbocycles. The molecule has 5 nitrogen and oxygen atoms in total. The summed E-state index contributed by atoms with van der Waals surface area (Å²) in [6.07, 6.45) is -0.769. The first-order valence-corrected chi connectivity index (χ1v) is 6.18. The minimum Gasteiger partial charge on any atom is -0.490 e. The van der Waals surface area contributed by atoms with Crippen LogP contribution in [0.2, 0.25) is 0 Å². The van der Waals surface area contributed by atoms with E-state index in [0.717, 1.165) is 11.1 Å². The second-order valence-electron chi connectivity index (χ2n) is 4.49. The van der Waals surface area contributed by atoms with E-state index in [-0.39, 0.29) is 12.3 Å². The standard InChI is InChI=1S/C15H15NO4/c1-11-5-7-12(8-6-11)15(17)10-20-14-4-2-3-13(9-14)16(18)19/h2-9,15,17H,10H2,1H3. The number of non-ortho nitro benzene ring substituents is 1. The van der Waals surface area contributed by atoms with Crippen LogP contribution in [0.4, 0.5) is 5.69 Å². The Labute approximate surface area is 116 Å². The minimum absolute atomic E-state index is 0.0349. The average molecular weight is 273 g/mol. The lowest BCUT2D eigenvalue weighted by atomic mass is 10.1. The number of aliphatic hydroxyl groups excluding tert-OH is 1. The summed E-state index contributed by atoms with van der Waals surface area (Å²) in [4.78, 5) is 10.2. The summed E-state index contributed by atoms with van der Waals surface area (Å²) in [5, 5.41) is 20.6. The zero-order valence-electron chi connectivity index (χ0n) is 11.0. The van der Waals surface area contributed by atoms with Crippen LogP contribution in [0.1, 0.15) is 17.2 Å². The molecule has 0 fully saturated rings. The van der Waals surface area contributed by atoms with Crippen molar-refractivity contribution in [3.63, 3.8) is 0 Å². The molecular formula is C15H15NO4. The van der Waals surface area contributed by atoms with Gasteiger partial charge in [0.15, 0.2) is 0 Å². The number of nitro benzene ring substituents is 1. The Kier molecular flexibility index (Phi) is 4.32. The van der Waals surface area contributed by atoms with Gasteiger partial charge in [0.1, 0.15) is 18.5 Å². The Morgan fingerprint density at radius 1 is 1.25 bits per heavy atom. The maximum Gasteiger partial charge on any atom is 0.273 e. The van der Waals surface area contributed by atoms with Gasteiger partial charge in [0.2, 0.25) is 0 Å². The molecule has 1 unspecified atom stereocenters. The fourth-order valence-corrected chi connectivity index (χ4v) is 1.75. The molecule has 0 aliphatic rings. The molecule has 0 spiro atoms. The Bertz CT molecular complexity index is 595. The van der Waals surface area contributed by atoms with E-state index < -0.39 is 11.0 Å². The summed E-state index contributed by atoms with van der Waals surface area (Å²) in [6.45, 7) is 2.01. The molecule has 0 heterocycles. The molecule has 0 aliphatic carbocycles. The van der Waals surface area contributed by atoms with Crippen LogP contribution >= 0.6 is 0 Å². The molecule has 2 aromatic carbocycles. The fraction of sp³-hybridized carbons (Fsp3) is 0.200. The number of ether oxygens (including phenoxy) is 1. The van der Waals surface area contributed by atoms with E-state index in [1.54, 1.807) is 12.1 Å². The average Bonchev–Trinajstić information content (AvgIpc) is 2.46. The van der Waals surface area contributed by atoms with Gasteiger partial charge in [-0.2, -0.15) is 0 Å². The van der Waals surface area contributed by atoms with Gasteiger partial charge in [0.25, 0.3) is 5.69 Å². The van der Waals surface area contributed by atoms with Crippen LogP contribution in [0.25, 0.3) is 0 Å². The Morgan fingerprint density at radius 2 is 1.95 bits per heavy atom. The highest BCUT2D eigenvalue weighted by Gasteiger charge is 2.10. The summed E-state index contributed by atoms with van der Waals surface area (Å²) in [5.41, 5.74) is 1.83. The number of aliphatic hydroxyl groups is 1. The molecule has 2 aromatic rings. The quantitative estimate of drug-likeness (QED) is 0.671. The van der Waals surface area contributed by atoms with Crippen LogP contribution in [-0.2, 0) is 0 Å². The summed E-state index contributed by atoms with van der Waals surface area (Å²) in [6, 6.07) is 13.4. The van der Waals surface area contributed by atoms with E-state index in [4.69, 9.17) is 4.74 Å². The molecule has 1 atom stereocenters. The molecule has 20 heavy (non-hydrogen) atoms. The highest BCUT2D eigenvalue weighted by atomic mass is 16.6. The molecule has 1 N–H and O–H groups in total. The third-order valence-electron chi connectivity index (χ3n) is 2.90. The van der Waals surface area contributed by atoms with Gasteiger partial charge in [0.05, 0.1) is 11.0 Å². The normalized spacial score (nSPS) is 11.9. The smallest absolute Gasteiger partial charge is 0.273 e. The molecule has 0 radical (unpaired) electrons. The topological polar surface area (TPSA) is 72.6 Å². The third-order valence-corrected chi connectivity index (χ3v) is 2.90. The highest BCUT2D eigenvalue weighted by Crippen LogP contribution is 2.21. The number of aryl methyl sites for hydroxylation is 1. The van der Waals surface area contributed by atoms with Gasteiger partial charge in [-0.3, -0.25) is 10.1 Å². The number of rotatable bonds is 5. The van der Waals surface area contributed by atoms with Crippen LogP contribution in [-0.4, -0.2) is 16.6 Å². The van der Waals surface area contributed by atoms with Crippen molar-refractivity contribution >= 4 is 5.69 Å². The lowest BCUT2D eigenvalue weighted by molar-refractivity contribution is -0.384. The van der Waals surface area contributed by atoms with E-state index in [1.165, 1.54) is 12.1 Å². The third kappa shape index (κ3) is 3.55. The van der Waals surface area contributed by atoms with E-state index in [2.05, 4.69) is 0 Å². The molecule has 5 heteroatoms. The summed E-state index contributed by atoms with van der Waals surface area (Å²) in [5.74, 6) is 0.366. The molecular weight excluding hydrogens is 258 g/mol. The molecule has 0 aliphatic heterocycles. The zero-order valence-corrected chi connectivity index (χ0v) is 11.0. The van der Waals surface area contributed by atoms with E-state index in [9.17, 15) is 15.2 Å². The number of nitro groups is 1. The number of hydrogen-bond acceptors (Lipinski definition) is 4. The van der Waals surface area contributed by atoms with Crippen LogP contribution < -0.4 is 4.74 Å². The molecule has 0 aromatic heterocycles. The van der Waals surface area contributed by atoms with Crippen molar-refractivity contribution < 1.29 is 14.8 Å². The lowest BCUT2D eigenvalue weighted by Crippen LogP contribution is -2.09. The Morgan fingerprint density at radius 3 is 2.60 bits per heavy atom. The second-order valence-corrected chi connectivity index (χ2v) is 4.49. The Balaban J connectivity index is 1.99. The van der Waals surface area contributed by atoms with Gasteiger partial charge in [-0.15, -0.1) is 0 Å². The van der Waals surface area contributed by atoms with E-state index in [1.807, 2.05) is 31.2 Å². The number of benzene rings is 2. The van der Waals surface area contributed by atoms with Crippen molar-refractivity contribution in [1.82, 2.24) is 0 Å². The predicted octanol–water partition coefficient (Wildman–Crippen LogP) is 3.02. The van der Waals surface area contributed by atoms with Crippen molar-refractivity contribution in [1.29, 1.82) is 0 Å². The Hall–Kier alpha value is -2.40. The van der Waals surface area contributed by atoms with Crippen LogP contribution in [0.5, 0.6) is 5.75 Å². The van der Waals surface area contributed by atoms with Crippen molar-refractivity contribution in [2.75, 3.05) is 6.61 Å². The largest absolute Gasteiger partial charge is 0.490 e. The fourth-order valence-electron chi connectivity index (χ4n) is 1.75. The first-order valence-electron chi connectivity index (χ1n) is 6.18. The number of hydrogen-bond donors (Lipinski definition) is 1. The van der Waals surface area contributed by atoms with Crippen molar-refractivity contribution in [3.8, 4) is 5.75 Å². The van der Waals surface area contributed by atoms with Gasteiger partial charge >= 0.3 is 0 Å². The minimum atomic E-state index is -0.769.